The smallest absolute Gasteiger partial charge is 0.339 e. The minimum absolute atomic E-state index is 0.172. The highest BCUT2D eigenvalue weighted by atomic mass is 16.5. The molecule has 124 valence electrons. The first-order valence-corrected chi connectivity index (χ1v) is 7.21. The number of aryl methyl sites for hydroxylation is 1. The summed E-state index contributed by atoms with van der Waals surface area (Å²) in [7, 11) is 0. The standard InChI is InChI=1S/C17H18N4O3/c1-12-2-6-14(7-3-12)20-17(23)21-19-10-13-4-8-15(9-5-13)24-11-16(18)22/h2-10H,11H2,1H3,(H2,18,22)(H2,20,21,23)/b19-10+. The van der Waals surface area contributed by atoms with Crippen molar-refractivity contribution >= 4 is 23.8 Å². The van der Waals surface area contributed by atoms with Gasteiger partial charge < -0.3 is 15.8 Å². The molecule has 0 bridgehead atoms. The first-order valence-electron chi connectivity index (χ1n) is 7.21. The zero-order chi connectivity index (χ0) is 17.4. The third-order valence-corrected chi connectivity index (χ3v) is 2.95. The van der Waals surface area contributed by atoms with Crippen LogP contribution in [0.4, 0.5) is 10.5 Å². The molecule has 2 aromatic rings. The molecule has 7 heteroatoms. The maximum Gasteiger partial charge on any atom is 0.339 e. The molecule has 2 aromatic carbocycles. The minimum Gasteiger partial charge on any atom is -0.484 e. The van der Waals surface area contributed by atoms with Crippen LogP contribution in [0.25, 0.3) is 0 Å². The number of carbonyl (C=O) groups is 2. The number of nitrogens with zero attached hydrogens (tertiary/aromatic N) is 1. The molecular formula is C17H18N4O3. The number of amides is 3. The van der Waals surface area contributed by atoms with Crippen molar-refractivity contribution < 1.29 is 14.3 Å². The van der Waals surface area contributed by atoms with Crippen LogP contribution in [0.15, 0.2) is 53.6 Å². The average Bonchev–Trinajstić information content (AvgIpc) is 2.56. The van der Waals surface area contributed by atoms with Gasteiger partial charge in [0.15, 0.2) is 6.61 Å². The number of anilines is 1. The first-order chi connectivity index (χ1) is 11.5. The molecule has 0 saturated heterocycles. The number of nitrogens with one attached hydrogen (secondary N) is 2. The van der Waals surface area contributed by atoms with E-state index in [4.69, 9.17) is 10.5 Å². The van der Waals surface area contributed by atoms with E-state index in [9.17, 15) is 9.59 Å². The molecule has 0 aromatic heterocycles. The molecule has 0 radical (unpaired) electrons. The van der Waals surface area contributed by atoms with Crippen molar-refractivity contribution in [2.75, 3.05) is 11.9 Å². The average molecular weight is 326 g/mol. The normalized spacial score (nSPS) is 10.4. The highest BCUT2D eigenvalue weighted by Gasteiger charge is 2.00. The van der Waals surface area contributed by atoms with E-state index >= 15 is 0 Å². The van der Waals surface area contributed by atoms with E-state index in [1.165, 1.54) is 6.21 Å². The molecule has 2 rings (SSSR count). The number of hydrogen-bond donors (Lipinski definition) is 3. The van der Waals surface area contributed by atoms with Gasteiger partial charge in [0.2, 0.25) is 0 Å². The quantitative estimate of drug-likeness (QED) is 0.558. The van der Waals surface area contributed by atoms with Crippen LogP contribution in [0.1, 0.15) is 11.1 Å². The molecule has 0 aliphatic carbocycles. The largest absolute Gasteiger partial charge is 0.484 e. The van der Waals surface area contributed by atoms with Gasteiger partial charge in [-0.1, -0.05) is 17.7 Å². The van der Waals surface area contributed by atoms with Crippen LogP contribution >= 0.6 is 0 Å². The summed E-state index contributed by atoms with van der Waals surface area (Å²) in [5.41, 5.74) is 9.93. The molecule has 7 nitrogen and oxygen atoms in total. The summed E-state index contributed by atoms with van der Waals surface area (Å²) in [4.78, 5) is 22.3. The van der Waals surface area contributed by atoms with Gasteiger partial charge in [-0.05, 0) is 48.9 Å². The SMILES string of the molecule is Cc1ccc(NC(=O)N/N=C/c2ccc(OCC(N)=O)cc2)cc1. The van der Waals surface area contributed by atoms with Crippen molar-refractivity contribution in [3.05, 3.63) is 59.7 Å². The highest BCUT2D eigenvalue weighted by molar-refractivity contribution is 5.90. The van der Waals surface area contributed by atoms with Gasteiger partial charge in [0.05, 0.1) is 6.21 Å². The van der Waals surface area contributed by atoms with E-state index < -0.39 is 11.9 Å². The van der Waals surface area contributed by atoms with Crippen molar-refractivity contribution in [3.8, 4) is 5.75 Å². The molecule has 3 amide bonds. The molecule has 0 heterocycles. The summed E-state index contributed by atoms with van der Waals surface area (Å²) >= 11 is 0. The Morgan fingerprint density at radius 2 is 1.79 bits per heavy atom. The van der Waals surface area contributed by atoms with Gasteiger partial charge in [0.25, 0.3) is 5.91 Å². The molecule has 0 atom stereocenters. The molecule has 0 spiro atoms. The van der Waals surface area contributed by atoms with E-state index in [-0.39, 0.29) is 6.61 Å². The van der Waals surface area contributed by atoms with Crippen molar-refractivity contribution in [2.45, 2.75) is 6.92 Å². The van der Waals surface area contributed by atoms with Crippen molar-refractivity contribution in [1.29, 1.82) is 0 Å². The van der Waals surface area contributed by atoms with Gasteiger partial charge >= 0.3 is 6.03 Å². The van der Waals surface area contributed by atoms with Crippen LogP contribution in [-0.2, 0) is 4.79 Å². The van der Waals surface area contributed by atoms with Gasteiger partial charge in [-0.2, -0.15) is 5.10 Å². The third-order valence-electron chi connectivity index (χ3n) is 2.95. The lowest BCUT2D eigenvalue weighted by molar-refractivity contribution is -0.119. The minimum atomic E-state index is -0.538. The highest BCUT2D eigenvalue weighted by Crippen LogP contribution is 2.11. The van der Waals surface area contributed by atoms with E-state index in [2.05, 4.69) is 15.8 Å². The molecule has 0 unspecified atom stereocenters. The van der Waals surface area contributed by atoms with Gasteiger partial charge in [-0.15, -0.1) is 0 Å². The van der Waals surface area contributed by atoms with Crippen LogP contribution in [-0.4, -0.2) is 24.8 Å². The fraction of sp³-hybridized carbons (Fsp3) is 0.118. The second kappa shape index (κ2) is 8.33. The number of hydrogen-bond acceptors (Lipinski definition) is 4. The van der Waals surface area contributed by atoms with Crippen LogP contribution in [0.5, 0.6) is 5.75 Å². The van der Waals surface area contributed by atoms with Gasteiger partial charge in [-0.3, -0.25) is 4.79 Å². The van der Waals surface area contributed by atoms with Crippen LogP contribution in [0.2, 0.25) is 0 Å². The van der Waals surface area contributed by atoms with E-state index in [0.717, 1.165) is 11.1 Å². The van der Waals surface area contributed by atoms with E-state index in [1.807, 2.05) is 31.2 Å². The summed E-state index contributed by atoms with van der Waals surface area (Å²) in [5, 5.41) is 6.52. The number of urea groups is 1. The van der Waals surface area contributed by atoms with E-state index in [0.29, 0.717) is 11.4 Å². The lowest BCUT2D eigenvalue weighted by Crippen LogP contribution is -2.24. The molecule has 4 N–H and O–H groups in total. The number of benzene rings is 2. The second-order valence-electron chi connectivity index (χ2n) is 5.01. The Kier molecular flexibility index (Phi) is 5.90. The van der Waals surface area contributed by atoms with Gasteiger partial charge in [0.1, 0.15) is 5.75 Å². The van der Waals surface area contributed by atoms with E-state index in [1.54, 1.807) is 24.3 Å². The number of nitrogens with two attached hydrogens (primary N) is 1. The third kappa shape index (κ3) is 5.80. The Hall–Kier alpha value is -3.35. The summed E-state index contributed by atoms with van der Waals surface area (Å²) in [6.07, 6.45) is 1.49. The summed E-state index contributed by atoms with van der Waals surface area (Å²) in [6.45, 7) is 1.80. The van der Waals surface area contributed by atoms with Crippen LogP contribution in [0, 0.1) is 6.92 Å². The zero-order valence-corrected chi connectivity index (χ0v) is 13.2. The first kappa shape index (κ1) is 17.0. The van der Waals surface area contributed by atoms with Crippen LogP contribution in [0.3, 0.4) is 0 Å². The number of ether oxygens (including phenoxy) is 1. The fourth-order valence-corrected chi connectivity index (χ4v) is 1.77. The monoisotopic (exact) mass is 326 g/mol. The van der Waals surface area contributed by atoms with Crippen molar-refractivity contribution in [2.24, 2.45) is 10.8 Å². The number of rotatable bonds is 6. The topological polar surface area (TPSA) is 106 Å². The van der Waals surface area contributed by atoms with Gasteiger partial charge in [-0.25, -0.2) is 10.2 Å². The zero-order valence-electron chi connectivity index (χ0n) is 13.2. The maximum absolute atomic E-state index is 11.7. The predicted molar refractivity (Wildman–Crippen MR) is 92.1 cm³/mol. The Morgan fingerprint density at radius 3 is 2.42 bits per heavy atom. The Labute approximate surface area is 139 Å². The Bertz CT molecular complexity index is 725. The summed E-state index contributed by atoms with van der Waals surface area (Å²) in [5.74, 6) is -0.0135. The van der Waals surface area contributed by atoms with Crippen molar-refractivity contribution in [3.63, 3.8) is 0 Å². The number of primary amides is 1. The summed E-state index contributed by atoms with van der Waals surface area (Å²) < 4.78 is 5.14. The molecule has 0 fully saturated rings. The fourth-order valence-electron chi connectivity index (χ4n) is 1.77. The predicted octanol–water partition coefficient (Wildman–Crippen LogP) is 2.01. The Morgan fingerprint density at radius 1 is 1.12 bits per heavy atom. The lowest BCUT2D eigenvalue weighted by atomic mass is 10.2. The number of carbonyl (C=O) groups excluding carboxylic acids is 2. The molecular weight excluding hydrogens is 308 g/mol. The summed E-state index contributed by atoms with van der Waals surface area (Å²) in [6, 6.07) is 13.8. The maximum atomic E-state index is 11.7. The second-order valence-corrected chi connectivity index (χ2v) is 5.01. The molecule has 0 aliphatic rings. The molecule has 24 heavy (non-hydrogen) atoms. The Balaban J connectivity index is 1.81. The molecule has 0 aliphatic heterocycles. The van der Waals surface area contributed by atoms with Crippen molar-refractivity contribution in [1.82, 2.24) is 5.43 Å². The van der Waals surface area contributed by atoms with Crippen LogP contribution < -0.4 is 21.2 Å². The lowest BCUT2D eigenvalue weighted by Gasteiger charge is -2.04. The molecule has 0 saturated carbocycles. The number of hydrazone groups is 1. The van der Waals surface area contributed by atoms with Gasteiger partial charge in [0, 0.05) is 5.69 Å².